The van der Waals surface area contributed by atoms with E-state index in [4.69, 9.17) is 0 Å². The predicted molar refractivity (Wildman–Crippen MR) is 76.5 cm³/mol. The largest absolute Gasteiger partial charge is 0.352 e. The highest BCUT2D eigenvalue weighted by atomic mass is 16.2. The highest BCUT2D eigenvalue weighted by molar-refractivity contribution is 5.81. The van der Waals surface area contributed by atoms with Crippen LogP contribution in [0, 0.1) is 11.8 Å². The zero-order valence-electron chi connectivity index (χ0n) is 12.5. The molecule has 3 nitrogen and oxygen atoms in total. The van der Waals surface area contributed by atoms with Crippen molar-refractivity contribution in [1.82, 2.24) is 10.6 Å². The van der Waals surface area contributed by atoms with Crippen molar-refractivity contribution in [1.29, 1.82) is 0 Å². The first-order valence-electron chi connectivity index (χ1n) is 7.58. The minimum absolute atomic E-state index is 0.0758. The van der Waals surface area contributed by atoms with Gasteiger partial charge in [-0.2, -0.15) is 0 Å². The zero-order valence-corrected chi connectivity index (χ0v) is 12.5. The summed E-state index contributed by atoms with van der Waals surface area (Å²) in [6, 6.07) is 0.198. The van der Waals surface area contributed by atoms with E-state index in [0.29, 0.717) is 0 Å². The van der Waals surface area contributed by atoms with E-state index in [-0.39, 0.29) is 18.0 Å². The third-order valence-electron chi connectivity index (χ3n) is 4.37. The Balaban J connectivity index is 2.26. The number of hydrogen-bond acceptors (Lipinski definition) is 2. The lowest BCUT2D eigenvalue weighted by Gasteiger charge is -2.30. The summed E-state index contributed by atoms with van der Waals surface area (Å²) in [6.45, 7) is 9.43. The second kappa shape index (κ2) is 7.78. The van der Waals surface area contributed by atoms with E-state index >= 15 is 0 Å². The Morgan fingerprint density at radius 3 is 2.56 bits per heavy atom. The third kappa shape index (κ3) is 4.97. The molecule has 106 valence electrons. The predicted octanol–water partition coefficient (Wildman–Crippen LogP) is 2.71. The van der Waals surface area contributed by atoms with Crippen LogP contribution in [0.25, 0.3) is 0 Å². The minimum Gasteiger partial charge on any atom is -0.352 e. The fraction of sp³-hybridized carbons (Fsp3) is 0.933. The van der Waals surface area contributed by atoms with Crippen LogP contribution < -0.4 is 10.6 Å². The maximum absolute atomic E-state index is 11.9. The van der Waals surface area contributed by atoms with Crippen LogP contribution in [0.2, 0.25) is 0 Å². The van der Waals surface area contributed by atoms with E-state index in [1.807, 2.05) is 13.8 Å². The second-order valence-corrected chi connectivity index (χ2v) is 5.97. The van der Waals surface area contributed by atoms with Crippen LogP contribution in [-0.4, -0.2) is 24.5 Å². The van der Waals surface area contributed by atoms with Gasteiger partial charge in [-0.25, -0.2) is 0 Å². The van der Waals surface area contributed by atoms with Crippen LogP contribution in [0.5, 0.6) is 0 Å². The van der Waals surface area contributed by atoms with E-state index in [2.05, 4.69) is 24.5 Å². The minimum atomic E-state index is -0.0758. The fourth-order valence-corrected chi connectivity index (χ4v) is 2.59. The number of amides is 1. The van der Waals surface area contributed by atoms with Crippen LogP contribution in [0.15, 0.2) is 0 Å². The number of nitrogens with one attached hydrogen (secondary N) is 2. The summed E-state index contributed by atoms with van der Waals surface area (Å²) in [7, 11) is 0. The Hall–Kier alpha value is -0.570. The molecular weight excluding hydrogens is 224 g/mol. The van der Waals surface area contributed by atoms with Gasteiger partial charge in [-0.3, -0.25) is 4.79 Å². The molecule has 0 heterocycles. The quantitative estimate of drug-likeness (QED) is 0.765. The molecule has 2 N–H and O–H groups in total. The van der Waals surface area contributed by atoms with Gasteiger partial charge in [0.25, 0.3) is 0 Å². The normalized spacial score (nSPS) is 27.6. The highest BCUT2D eigenvalue weighted by Crippen LogP contribution is 2.28. The summed E-state index contributed by atoms with van der Waals surface area (Å²) < 4.78 is 0. The van der Waals surface area contributed by atoms with Crippen molar-refractivity contribution in [2.24, 2.45) is 11.8 Å². The smallest absolute Gasteiger partial charge is 0.237 e. The molecule has 1 aliphatic rings. The molecule has 18 heavy (non-hydrogen) atoms. The van der Waals surface area contributed by atoms with Gasteiger partial charge in [0, 0.05) is 6.04 Å². The van der Waals surface area contributed by atoms with Gasteiger partial charge in [0.15, 0.2) is 0 Å². The molecule has 0 spiro atoms. The van der Waals surface area contributed by atoms with Gasteiger partial charge in [-0.05, 0) is 45.1 Å². The van der Waals surface area contributed by atoms with Crippen LogP contribution in [-0.2, 0) is 4.79 Å². The van der Waals surface area contributed by atoms with Crippen LogP contribution in [0.3, 0.4) is 0 Å². The Bertz CT molecular complexity index is 255. The Morgan fingerprint density at radius 1 is 1.28 bits per heavy atom. The summed E-state index contributed by atoms with van der Waals surface area (Å²) >= 11 is 0. The highest BCUT2D eigenvalue weighted by Gasteiger charge is 2.22. The lowest BCUT2D eigenvalue weighted by Crippen LogP contribution is -2.47. The molecule has 0 aromatic heterocycles. The van der Waals surface area contributed by atoms with Crippen molar-refractivity contribution < 1.29 is 4.79 Å². The molecule has 1 fully saturated rings. The fourth-order valence-electron chi connectivity index (χ4n) is 2.59. The Kier molecular flexibility index (Phi) is 6.69. The van der Waals surface area contributed by atoms with Gasteiger partial charge >= 0.3 is 0 Å². The van der Waals surface area contributed by atoms with E-state index in [1.54, 1.807) is 0 Å². The number of carbonyl (C=O) groups is 1. The van der Waals surface area contributed by atoms with Crippen molar-refractivity contribution in [3.8, 4) is 0 Å². The standard InChI is InChI=1S/C15H30N2O/c1-5-12(3)17-15(18)13(4)16-10-14-9-7-6-8-11(14)2/h11-14,16H,5-10H2,1-4H3,(H,17,18). The molecule has 1 saturated carbocycles. The number of carbonyl (C=O) groups excluding carboxylic acids is 1. The molecular formula is C15H30N2O. The Morgan fingerprint density at radius 2 is 1.94 bits per heavy atom. The van der Waals surface area contributed by atoms with Gasteiger partial charge in [0.05, 0.1) is 6.04 Å². The van der Waals surface area contributed by atoms with Gasteiger partial charge in [-0.15, -0.1) is 0 Å². The molecule has 4 atom stereocenters. The maximum atomic E-state index is 11.9. The first-order valence-corrected chi connectivity index (χ1v) is 7.58. The summed E-state index contributed by atoms with van der Waals surface area (Å²) in [4.78, 5) is 11.9. The van der Waals surface area contributed by atoms with E-state index < -0.39 is 0 Å². The molecule has 3 heteroatoms. The number of rotatable bonds is 6. The van der Waals surface area contributed by atoms with E-state index in [9.17, 15) is 4.79 Å². The summed E-state index contributed by atoms with van der Waals surface area (Å²) in [6.07, 6.45) is 6.37. The zero-order chi connectivity index (χ0) is 13.5. The lowest BCUT2D eigenvalue weighted by atomic mass is 9.80. The lowest BCUT2D eigenvalue weighted by molar-refractivity contribution is -0.123. The first kappa shape index (κ1) is 15.5. The molecule has 0 radical (unpaired) electrons. The molecule has 0 bridgehead atoms. The SMILES string of the molecule is CCC(C)NC(=O)C(C)NCC1CCCCC1C. The van der Waals surface area contributed by atoms with Crippen LogP contribution >= 0.6 is 0 Å². The molecule has 0 aromatic rings. The van der Waals surface area contributed by atoms with Crippen LogP contribution in [0.4, 0.5) is 0 Å². The molecule has 4 unspecified atom stereocenters. The molecule has 0 aromatic carbocycles. The molecule has 1 amide bonds. The van der Waals surface area contributed by atoms with Gasteiger partial charge in [0.2, 0.25) is 5.91 Å². The second-order valence-electron chi connectivity index (χ2n) is 5.97. The van der Waals surface area contributed by atoms with Crippen molar-refractivity contribution in [3.63, 3.8) is 0 Å². The monoisotopic (exact) mass is 254 g/mol. The Labute approximate surface area is 112 Å². The van der Waals surface area contributed by atoms with Crippen molar-refractivity contribution in [3.05, 3.63) is 0 Å². The maximum Gasteiger partial charge on any atom is 0.237 e. The van der Waals surface area contributed by atoms with Gasteiger partial charge < -0.3 is 10.6 Å². The third-order valence-corrected chi connectivity index (χ3v) is 4.37. The summed E-state index contributed by atoms with van der Waals surface area (Å²) in [5, 5.41) is 6.43. The molecule has 0 aliphatic heterocycles. The average molecular weight is 254 g/mol. The van der Waals surface area contributed by atoms with Gasteiger partial charge in [-0.1, -0.05) is 33.1 Å². The van der Waals surface area contributed by atoms with Crippen molar-refractivity contribution in [2.75, 3.05) is 6.54 Å². The number of hydrogen-bond donors (Lipinski definition) is 2. The van der Waals surface area contributed by atoms with Crippen LogP contribution in [0.1, 0.15) is 59.8 Å². The topological polar surface area (TPSA) is 41.1 Å². The van der Waals surface area contributed by atoms with Gasteiger partial charge in [0.1, 0.15) is 0 Å². The summed E-state index contributed by atoms with van der Waals surface area (Å²) in [5.41, 5.74) is 0. The van der Waals surface area contributed by atoms with E-state index in [0.717, 1.165) is 24.8 Å². The van der Waals surface area contributed by atoms with Crippen molar-refractivity contribution >= 4 is 5.91 Å². The van der Waals surface area contributed by atoms with Crippen molar-refractivity contribution in [2.45, 2.75) is 71.9 Å². The van der Waals surface area contributed by atoms with E-state index in [1.165, 1.54) is 25.7 Å². The molecule has 1 aliphatic carbocycles. The summed E-state index contributed by atoms with van der Waals surface area (Å²) in [5.74, 6) is 1.68. The molecule has 1 rings (SSSR count). The molecule has 0 saturated heterocycles. The first-order chi connectivity index (χ1) is 8.54. The average Bonchev–Trinajstić information content (AvgIpc) is 2.37.